The molecule has 22 heavy (non-hydrogen) atoms. The molecular formula is C12H18N2O8. The van der Waals surface area contributed by atoms with Crippen molar-refractivity contribution in [1.82, 2.24) is 0 Å². The van der Waals surface area contributed by atoms with E-state index >= 15 is 0 Å². The molecule has 0 amide bonds. The molecule has 10 heteroatoms. The van der Waals surface area contributed by atoms with Crippen LogP contribution >= 0.6 is 0 Å². The van der Waals surface area contributed by atoms with Gasteiger partial charge in [-0.1, -0.05) is 6.58 Å². The van der Waals surface area contributed by atoms with Crippen molar-refractivity contribution in [1.29, 1.82) is 10.8 Å². The third-order valence-electron chi connectivity index (χ3n) is 1.40. The molecule has 0 aromatic heterocycles. The van der Waals surface area contributed by atoms with Crippen molar-refractivity contribution in [2.24, 2.45) is 0 Å². The summed E-state index contributed by atoms with van der Waals surface area (Å²) in [6.45, 7) is 4.60. The molecule has 0 aliphatic heterocycles. The second-order valence-electron chi connectivity index (χ2n) is 3.28. The molecule has 5 N–H and O–H groups in total. The molecule has 10 nitrogen and oxygen atoms in total. The van der Waals surface area contributed by atoms with Crippen LogP contribution in [0.25, 0.3) is 0 Å². The first-order valence-corrected chi connectivity index (χ1v) is 5.50. The van der Waals surface area contributed by atoms with Crippen LogP contribution in [-0.2, 0) is 24.0 Å². The lowest BCUT2D eigenvalue weighted by Gasteiger charge is -1.92. The summed E-state index contributed by atoms with van der Waals surface area (Å²) < 4.78 is 0. The van der Waals surface area contributed by atoms with Gasteiger partial charge in [0.2, 0.25) is 12.2 Å². The van der Waals surface area contributed by atoms with Crippen LogP contribution in [-0.4, -0.2) is 45.4 Å². The van der Waals surface area contributed by atoms with Gasteiger partial charge in [0.25, 0.3) is 0 Å². The second-order valence-corrected chi connectivity index (χ2v) is 3.28. The molecule has 0 aliphatic rings. The van der Waals surface area contributed by atoms with Gasteiger partial charge in [-0.05, 0) is 19.8 Å². The number of hydrogen-bond acceptors (Lipinski definition) is 7. The standard InChI is InChI=1S/C6H10O4.C4H6O2.2CHNO/c7-5(8)3-1-2-4-6(9)10;1-3(2)4(5)6;2*2-1-3/h1-4H2,(H,7,8)(H,9,10);1H2,2H3,(H,5,6);2*2H. The van der Waals surface area contributed by atoms with Gasteiger partial charge in [0.1, 0.15) is 0 Å². The predicted molar refractivity (Wildman–Crippen MR) is 73.0 cm³/mol. The first-order chi connectivity index (χ1) is 10.1. The zero-order valence-electron chi connectivity index (χ0n) is 11.9. The monoisotopic (exact) mass is 318 g/mol. The minimum absolute atomic E-state index is 0.0628. The molecule has 0 rings (SSSR count). The molecule has 0 radical (unpaired) electrons. The van der Waals surface area contributed by atoms with Gasteiger partial charge in [-0.2, -0.15) is 0 Å². The molecule has 0 saturated carbocycles. The summed E-state index contributed by atoms with van der Waals surface area (Å²) in [5.74, 6) is -2.68. The number of carbonyl (C=O) groups is 3. The van der Waals surface area contributed by atoms with Crippen molar-refractivity contribution >= 4 is 30.1 Å². The molecule has 0 aromatic rings. The van der Waals surface area contributed by atoms with Gasteiger partial charge in [-0.25, -0.2) is 25.2 Å². The van der Waals surface area contributed by atoms with E-state index in [4.69, 9.17) is 35.7 Å². The first-order valence-electron chi connectivity index (χ1n) is 5.50. The molecule has 0 spiro atoms. The largest absolute Gasteiger partial charge is 0.481 e. The zero-order chi connectivity index (χ0) is 18.6. The van der Waals surface area contributed by atoms with E-state index in [9.17, 15) is 14.4 Å². The molecule has 0 aliphatic carbocycles. The molecule has 0 fully saturated rings. The SMILES string of the molecule is C=C(C)C(=O)O.N=C=O.N=C=O.O=C(O)CCCCC(=O)O. The average molecular weight is 318 g/mol. The highest BCUT2D eigenvalue weighted by atomic mass is 16.4. The van der Waals surface area contributed by atoms with Crippen LogP contribution in [0.5, 0.6) is 0 Å². The lowest BCUT2D eigenvalue weighted by Crippen LogP contribution is -1.97. The second kappa shape index (κ2) is 23.0. The van der Waals surface area contributed by atoms with E-state index in [1.165, 1.54) is 6.92 Å². The minimum atomic E-state index is -0.935. The molecule has 0 saturated heterocycles. The fourth-order valence-corrected chi connectivity index (χ4v) is 0.552. The summed E-state index contributed by atoms with van der Waals surface area (Å²) in [6.07, 6.45) is 2.52. The van der Waals surface area contributed by atoms with E-state index in [1.807, 2.05) is 0 Å². The van der Waals surface area contributed by atoms with Crippen molar-refractivity contribution in [3.05, 3.63) is 12.2 Å². The fraction of sp³-hybridized carbons (Fsp3) is 0.417. The fourth-order valence-electron chi connectivity index (χ4n) is 0.552. The Morgan fingerprint density at radius 1 is 0.909 bits per heavy atom. The van der Waals surface area contributed by atoms with Gasteiger partial charge in [0, 0.05) is 18.4 Å². The van der Waals surface area contributed by atoms with Crippen LogP contribution in [0.3, 0.4) is 0 Å². The van der Waals surface area contributed by atoms with Gasteiger partial charge >= 0.3 is 17.9 Å². The van der Waals surface area contributed by atoms with Gasteiger partial charge in [0.15, 0.2) is 0 Å². The molecule has 0 bridgehead atoms. The van der Waals surface area contributed by atoms with Crippen LogP contribution in [0.4, 0.5) is 0 Å². The molecule has 0 aromatic carbocycles. The number of aliphatic carboxylic acids is 3. The average Bonchev–Trinajstić information content (AvgIpc) is 2.37. The number of rotatable bonds is 6. The number of hydrogen-bond donors (Lipinski definition) is 5. The van der Waals surface area contributed by atoms with Crippen LogP contribution in [0, 0.1) is 10.8 Å². The number of carbonyl (C=O) groups excluding carboxylic acids is 2. The van der Waals surface area contributed by atoms with Gasteiger partial charge in [-0.3, -0.25) is 9.59 Å². The maximum Gasteiger partial charge on any atom is 0.330 e. The van der Waals surface area contributed by atoms with Gasteiger partial charge in [-0.15, -0.1) is 0 Å². The van der Waals surface area contributed by atoms with E-state index in [-0.39, 0.29) is 18.4 Å². The van der Waals surface area contributed by atoms with Crippen LogP contribution in [0.15, 0.2) is 12.2 Å². The molecule has 0 atom stereocenters. The Labute approximate surface area is 126 Å². The summed E-state index contributed by atoms with van der Waals surface area (Å²) in [5.41, 5.74) is 0.176. The van der Waals surface area contributed by atoms with Crippen molar-refractivity contribution in [2.75, 3.05) is 0 Å². The number of carboxylic acid groups (broad SMARTS) is 3. The highest BCUT2D eigenvalue weighted by Crippen LogP contribution is 1.98. The topological polar surface area (TPSA) is 194 Å². The predicted octanol–water partition coefficient (Wildman–Crippen LogP) is 1.17. The highest BCUT2D eigenvalue weighted by Gasteiger charge is 1.99. The third-order valence-corrected chi connectivity index (χ3v) is 1.40. The van der Waals surface area contributed by atoms with E-state index in [2.05, 4.69) is 6.58 Å². The van der Waals surface area contributed by atoms with Crippen molar-refractivity contribution in [3.8, 4) is 0 Å². The molecule has 0 unspecified atom stereocenters. The summed E-state index contributed by atoms with van der Waals surface area (Å²) in [7, 11) is 0. The first kappa shape index (κ1) is 27.3. The third kappa shape index (κ3) is 68.4. The normalized spacial score (nSPS) is 6.95. The van der Waals surface area contributed by atoms with Crippen molar-refractivity contribution in [3.63, 3.8) is 0 Å². The van der Waals surface area contributed by atoms with Crippen LogP contribution < -0.4 is 0 Å². The zero-order valence-corrected chi connectivity index (χ0v) is 11.9. The number of carboxylic acids is 3. The number of nitrogens with one attached hydrogen (secondary N) is 2. The Morgan fingerprint density at radius 2 is 1.09 bits per heavy atom. The summed E-state index contributed by atoms with van der Waals surface area (Å²) in [5, 5.41) is 35.0. The maximum absolute atomic E-state index is 9.90. The lowest BCUT2D eigenvalue weighted by molar-refractivity contribution is -0.139. The van der Waals surface area contributed by atoms with Gasteiger partial charge in [0.05, 0.1) is 0 Å². The van der Waals surface area contributed by atoms with Gasteiger partial charge < -0.3 is 15.3 Å². The number of unbranched alkanes of at least 4 members (excludes halogenated alkanes) is 1. The van der Waals surface area contributed by atoms with Crippen LogP contribution in [0.2, 0.25) is 0 Å². The summed E-state index contributed by atoms with van der Waals surface area (Å²) in [6, 6.07) is 0. The smallest absolute Gasteiger partial charge is 0.330 e. The molecule has 0 heterocycles. The summed E-state index contributed by atoms with van der Waals surface area (Å²) >= 11 is 0. The minimum Gasteiger partial charge on any atom is -0.481 e. The molecule has 124 valence electrons. The van der Waals surface area contributed by atoms with E-state index in [0.29, 0.717) is 12.8 Å². The Kier molecular flexibility index (Phi) is 28.6. The lowest BCUT2D eigenvalue weighted by atomic mass is 10.2. The quantitative estimate of drug-likeness (QED) is 0.208. The number of isocyanates is 2. The Hall–Kier alpha value is -3.09. The Morgan fingerprint density at radius 3 is 1.18 bits per heavy atom. The van der Waals surface area contributed by atoms with E-state index in [1.54, 1.807) is 0 Å². The van der Waals surface area contributed by atoms with E-state index < -0.39 is 17.9 Å². The maximum atomic E-state index is 9.90. The van der Waals surface area contributed by atoms with Crippen LogP contribution in [0.1, 0.15) is 32.6 Å². The van der Waals surface area contributed by atoms with Crippen molar-refractivity contribution in [2.45, 2.75) is 32.6 Å². The Bertz CT molecular complexity index is 379. The van der Waals surface area contributed by atoms with Crippen molar-refractivity contribution < 1.29 is 39.3 Å². The summed E-state index contributed by atoms with van der Waals surface area (Å²) in [4.78, 5) is 46.1. The Balaban J connectivity index is -0.000000115. The van der Waals surface area contributed by atoms with E-state index in [0.717, 1.165) is 12.2 Å². The molecular weight excluding hydrogens is 300 g/mol. The highest BCUT2D eigenvalue weighted by molar-refractivity contribution is 5.84.